The second kappa shape index (κ2) is 7.45. The lowest BCUT2D eigenvalue weighted by molar-refractivity contribution is 0.291. The van der Waals surface area contributed by atoms with Gasteiger partial charge in [-0.2, -0.15) is 0 Å². The van der Waals surface area contributed by atoms with Crippen molar-refractivity contribution in [3.05, 3.63) is 45.4 Å². The molecule has 1 aromatic heterocycles. The Morgan fingerprint density at radius 2 is 2.11 bits per heavy atom. The molecule has 0 bridgehead atoms. The molecule has 0 atom stereocenters. The van der Waals surface area contributed by atoms with Crippen LogP contribution in [0.1, 0.15) is 10.7 Å². The van der Waals surface area contributed by atoms with Crippen molar-refractivity contribution >= 4 is 22.9 Å². The van der Waals surface area contributed by atoms with E-state index in [9.17, 15) is 0 Å². The fraction of sp³-hybridized carbons (Fsp3) is 0.308. The minimum absolute atomic E-state index is 0.136. The van der Waals surface area contributed by atoms with Crippen LogP contribution in [0.5, 0.6) is 5.75 Å². The molecule has 0 aliphatic rings. The number of hydrogen-bond acceptors (Lipinski definition) is 5. The number of halogens is 1. The van der Waals surface area contributed by atoms with E-state index in [4.69, 9.17) is 21.4 Å². The highest BCUT2D eigenvalue weighted by Crippen LogP contribution is 2.18. The number of nitrogens with zero attached hydrogens (tertiary/aromatic N) is 1. The molecule has 4 nitrogen and oxygen atoms in total. The molecule has 2 N–H and O–H groups in total. The summed E-state index contributed by atoms with van der Waals surface area (Å²) < 4.78 is 5.61. The van der Waals surface area contributed by atoms with Crippen LogP contribution in [-0.4, -0.2) is 23.2 Å². The molecular formula is C13H15ClN2O2S. The Balaban J connectivity index is 1.81. The first-order valence-electron chi connectivity index (χ1n) is 5.91. The monoisotopic (exact) mass is 298 g/mol. The van der Waals surface area contributed by atoms with Gasteiger partial charge in [0.05, 0.1) is 12.3 Å². The summed E-state index contributed by atoms with van der Waals surface area (Å²) in [5.41, 5.74) is 0.966. The minimum Gasteiger partial charge on any atom is -0.486 e. The van der Waals surface area contributed by atoms with Crippen LogP contribution in [0, 0.1) is 0 Å². The molecule has 19 heavy (non-hydrogen) atoms. The Bertz CT molecular complexity index is 502. The van der Waals surface area contributed by atoms with Gasteiger partial charge in [-0.05, 0) is 24.3 Å². The topological polar surface area (TPSA) is 54.4 Å². The Morgan fingerprint density at radius 3 is 2.84 bits per heavy atom. The van der Waals surface area contributed by atoms with Crippen LogP contribution in [0.2, 0.25) is 5.02 Å². The number of ether oxygens (including phenoxy) is 1. The molecule has 0 aliphatic carbocycles. The van der Waals surface area contributed by atoms with Crippen LogP contribution in [0.25, 0.3) is 0 Å². The van der Waals surface area contributed by atoms with Crippen LogP contribution >= 0.6 is 22.9 Å². The van der Waals surface area contributed by atoms with Gasteiger partial charge in [0.25, 0.3) is 0 Å². The molecule has 0 saturated heterocycles. The van der Waals surface area contributed by atoms with Crippen molar-refractivity contribution < 1.29 is 9.84 Å². The average Bonchev–Trinajstić information content (AvgIpc) is 2.86. The third-order valence-corrected chi connectivity index (χ3v) is 3.49. The van der Waals surface area contributed by atoms with E-state index in [1.165, 1.54) is 0 Å². The summed E-state index contributed by atoms with van der Waals surface area (Å²) in [6.45, 7) is 1.83. The lowest BCUT2D eigenvalue weighted by atomic mass is 10.3. The predicted molar refractivity (Wildman–Crippen MR) is 76.7 cm³/mol. The highest BCUT2D eigenvalue weighted by atomic mass is 35.5. The molecule has 0 fully saturated rings. The third kappa shape index (κ3) is 4.80. The SMILES string of the molecule is OCCNCc1csc(COc2ccc(Cl)cc2)n1. The first-order valence-corrected chi connectivity index (χ1v) is 7.17. The lowest BCUT2D eigenvalue weighted by Gasteiger charge is -2.03. The largest absolute Gasteiger partial charge is 0.486 e. The number of nitrogens with one attached hydrogen (secondary N) is 1. The summed E-state index contributed by atoms with van der Waals surface area (Å²) in [6.07, 6.45) is 0. The molecule has 0 unspecified atom stereocenters. The quantitative estimate of drug-likeness (QED) is 0.771. The molecule has 0 aliphatic heterocycles. The smallest absolute Gasteiger partial charge is 0.140 e. The molecule has 6 heteroatoms. The molecule has 1 heterocycles. The van der Waals surface area contributed by atoms with Crippen molar-refractivity contribution in [3.8, 4) is 5.75 Å². The molecule has 2 aromatic rings. The van der Waals surface area contributed by atoms with E-state index in [1.54, 1.807) is 23.5 Å². The molecule has 0 radical (unpaired) electrons. The highest BCUT2D eigenvalue weighted by molar-refractivity contribution is 7.09. The maximum atomic E-state index is 8.67. The Kier molecular flexibility index (Phi) is 5.60. The number of aromatic nitrogens is 1. The standard InChI is InChI=1S/C13H15ClN2O2S/c14-10-1-3-12(4-2-10)18-8-13-16-11(9-19-13)7-15-5-6-17/h1-4,9,15,17H,5-8H2. The maximum Gasteiger partial charge on any atom is 0.140 e. The molecule has 1 aromatic carbocycles. The summed E-state index contributed by atoms with van der Waals surface area (Å²) in [6, 6.07) is 7.26. The fourth-order valence-corrected chi connectivity index (χ4v) is 2.30. The fourth-order valence-electron chi connectivity index (χ4n) is 1.47. The zero-order chi connectivity index (χ0) is 13.5. The first-order chi connectivity index (χ1) is 9.28. The minimum atomic E-state index is 0.136. The Morgan fingerprint density at radius 1 is 1.32 bits per heavy atom. The van der Waals surface area contributed by atoms with Crippen molar-refractivity contribution in [3.63, 3.8) is 0 Å². The van der Waals surface area contributed by atoms with Crippen molar-refractivity contribution in [1.82, 2.24) is 10.3 Å². The maximum absolute atomic E-state index is 8.67. The van der Waals surface area contributed by atoms with Gasteiger partial charge in [-0.1, -0.05) is 11.6 Å². The summed E-state index contributed by atoms with van der Waals surface area (Å²) in [4.78, 5) is 4.44. The summed E-state index contributed by atoms with van der Waals surface area (Å²) in [5.74, 6) is 0.777. The molecule has 0 saturated carbocycles. The highest BCUT2D eigenvalue weighted by Gasteiger charge is 2.03. The first kappa shape index (κ1) is 14.3. The number of hydrogen-bond donors (Lipinski definition) is 2. The molecular weight excluding hydrogens is 284 g/mol. The summed E-state index contributed by atoms with van der Waals surface area (Å²) in [7, 11) is 0. The van der Waals surface area contributed by atoms with E-state index in [-0.39, 0.29) is 6.61 Å². The van der Waals surface area contributed by atoms with Crippen LogP contribution in [0.15, 0.2) is 29.6 Å². The van der Waals surface area contributed by atoms with Gasteiger partial charge in [-0.3, -0.25) is 0 Å². The average molecular weight is 299 g/mol. The number of aliphatic hydroxyl groups is 1. The number of benzene rings is 1. The van der Waals surface area contributed by atoms with Gasteiger partial charge in [-0.15, -0.1) is 11.3 Å². The van der Waals surface area contributed by atoms with Crippen molar-refractivity contribution in [2.75, 3.05) is 13.2 Å². The predicted octanol–water partition coefficient (Wildman–Crippen LogP) is 2.46. The molecule has 2 rings (SSSR count). The van der Waals surface area contributed by atoms with Gasteiger partial charge in [0.15, 0.2) is 0 Å². The zero-order valence-corrected chi connectivity index (χ0v) is 11.9. The van der Waals surface area contributed by atoms with Gasteiger partial charge >= 0.3 is 0 Å². The summed E-state index contributed by atoms with van der Waals surface area (Å²) >= 11 is 7.37. The normalized spacial score (nSPS) is 10.6. The third-order valence-electron chi connectivity index (χ3n) is 2.37. The summed E-state index contributed by atoms with van der Waals surface area (Å²) in [5, 5.41) is 15.4. The van der Waals surface area contributed by atoms with Gasteiger partial charge in [-0.25, -0.2) is 4.98 Å². The number of thiazole rings is 1. The van der Waals surface area contributed by atoms with Crippen molar-refractivity contribution in [2.45, 2.75) is 13.2 Å². The van der Waals surface area contributed by atoms with Gasteiger partial charge in [0, 0.05) is 23.5 Å². The van der Waals surface area contributed by atoms with E-state index in [0.29, 0.717) is 24.7 Å². The van der Waals surface area contributed by atoms with Crippen LogP contribution < -0.4 is 10.1 Å². The van der Waals surface area contributed by atoms with E-state index in [0.717, 1.165) is 16.5 Å². The van der Waals surface area contributed by atoms with Crippen molar-refractivity contribution in [1.29, 1.82) is 0 Å². The van der Waals surface area contributed by atoms with E-state index < -0.39 is 0 Å². The molecule has 0 spiro atoms. The number of rotatable bonds is 7. The van der Waals surface area contributed by atoms with E-state index in [2.05, 4.69) is 10.3 Å². The van der Waals surface area contributed by atoms with Crippen LogP contribution in [-0.2, 0) is 13.2 Å². The Hall–Kier alpha value is -1.14. The van der Waals surface area contributed by atoms with Crippen LogP contribution in [0.3, 0.4) is 0 Å². The van der Waals surface area contributed by atoms with E-state index >= 15 is 0 Å². The van der Waals surface area contributed by atoms with Crippen LogP contribution in [0.4, 0.5) is 0 Å². The molecule has 0 amide bonds. The second-order valence-corrected chi connectivity index (χ2v) is 5.25. The second-order valence-electron chi connectivity index (χ2n) is 3.88. The van der Waals surface area contributed by atoms with Crippen molar-refractivity contribution in [2.24, 2.45) is 0 Å². The van der Waals surface area contributed by atoms with Gasteiger partial charge < -0.3 is 15.2 Å². The van der Waals surface area contributed by atoms with Gasteiger partial charge in [0.1, 0.15) is 17.4 Å². The Labute approximate surface area is 121 Å². The van der Waals surface area contributed by atoms with E-state index in [1.807, 2.05) is 17.5 Å². The zero-order valence-electron chi connectivity index (χ0n) is 10.3. The number of aliphatic hydroxyl groups excluding tert-OH is 1. The lowest BCUT2D eigenvalue weighted by Crippen LogP contribution is -2.17. The van der Waals surface area contributed by atoms with Gasteiger partial charge in [0.2, 0.25) is 0 Å². The molecule has 102 valence electrons.